The first-order valence-electron chi connectivity index (χ1n) is 10.9. The lowest BCUT2D eigenvalue weighted by molar-refractivity contribution is -0.130. The zero-order chi connectivity index (χ0) is 24.8. The molecule has 2 aromatic carbocycles. The molecule has 9 heteroatoms. The van der Waals surface area contributed by atoms with Crippen LogP contribution in [0.25, 0.3) is 6.08 Å². The molecule has 0 atom stereocenters. The lowest BCUT2D eigenvalue weighted by Gasteiger charge is -2.25. The molecule has 1 saturated heterocycles. The fourth-order valence-corrected chi connectivity index (χ4v) is 3.40. The molecular formula is C26H24N2O7. The highest BCUT2D eigenvalue weighted by Gasteiger charge is 2.36. The number of nitrogens with one attached hydrogen (secondary N) is 1. The van der Waals surface area contributed by atoms with Crippen molar-refractivity contribution in [2.45, 2.75) is 13.5 Å². The molecule has 1 aliphatic heterocycles. The van der Waals surface area contributed by atoms with Crippen LogP contribution in [0, 0.1) is 6.92 Å². The van der Waals surface area contributed by atoms with Crippen molar-refractivity contribution in [2.75, 3.05) is 20.3 Å². The average Bonchev–Trinajstić information content (AvgIpc) is 3.37. The number of barbiturate groups is 1. The molecular weight excluding hydrogens is 452 g/mol. The topological polar surface area (TPSA) is 107 Å². The van der Waals surface area contributed by atoms with Gasteiger partial charge in [0.2, 0.25) is 0 Å². The quantitative estimate of drug-likeness (QED) is 0.285. The first kappa shape index (κ1) is 23.6. The molecule has 2 heterocycles. The highest BCUT2D eigenvalue weighted by molar-refractivity contribution is 6.30. The summed E-state index contributed by atoms with van der Waals surface area (Å²) in [7, 11) is 1.49. The van der Waals surface area contributed by atoms with Gasteiger partial charge in [0.05, 0.1) is 19.9 Å². The van der Waals surface area contributed by atoms with Crippen LogP contribution < -0.4 is 19.5 Å². The van der Waals surface area contributed by atoms with Gasteiger partial charge >= 0.3 is 6.03 Å². The molecule has 1 N–H and O–H groups in total. The lowest BCUT2D eigenvalue weighted by atomic mass is 10.1. The molecule has 0 radical (unpaired) electrons. The van der Waals surface area contributed by atoms with E-state index in [1.165, 1.54) is 19.4 Å². The Morgan fingerprint density at radius 3 is 2.46 bits per heavy atom. The van der Waals surface area contributed by atoms with E-state index in [-0.39, 0.29) is 18.7 Å². The number of carbonyl (C=O) groups is 3. The maximum atomic E-state index is 12.9. The first-order chi connectivity index (χ1) is 16.9. The monoisotopic (exact) mass is 476 g/mol. The molecule has 1 fully saturated rings. The molecule has 4 amide bonds. The van der Waals surface area contributed by atoms with Gasteiger partial charge in [-0.3, -0.25) is 19.8 Å². The number of ether oxygens (including phenoxy) is 3. The maximum absolute atomic E-state index is 12.9. The number of amides is 4. The van der Waals surface area contributed by atoms with Gasteiger partial charge < -0.3 is 18.6 Å². The second-order valence-electron chi connectivity index (χ2n) is 7.71. The number of nitrogens with zero attached hydrogens (tertiary/aromatic N) is 1. The fourth-order valence-electron chi connectivity index (χ4n) is 3.40. The largest absolute Gasteiger partial charge is 0.493 e. The Kier molecular flexibility index (Phi) is 7.15. The van der Waals surface area contributed by atoms with Gasteiger partial charge in [0, 0.05) is 0 Å². The number of hydrogen-bond donors (Lipinski definition) is 1. The number of methoxy groups -OCH3 is 1. The summed E-state index contributed by atoms with van der Waals surface area (Å²) in [6, 6.07) is 15.2. The van der Waals surface area contributed by atoms with Crippen molar-refractivity contribution in [3.63, 3.8) is 0 Å². The van der Waals surface area contributed by atoms with Gasteiger partial charge in [0.1, 0.15) is 30.3 Å². The third-order valence-electron chi connectivity index (χ3n) is 5.21. The van der Waals surface area contributed by atoms with E-state index in [4.69, 9.17) is 18.6 Å². The highest BCUT2D eigenvalue weighted by atomic mass is 16.5. The number of imide groups is 2. The van der Waals surface area contributed by atoms with Crippen LogP contribution in [-0.4, -0.2) is 43.1 Å². The van der Waals surface area contributed by atoms with Crippen LogP contribution in [0.15, 0.2) is 70.9 Å². The van der Waals surface area contributed by atoms with Gasteiger partial charge in [0.15, 0.2) is 11.5 Å². The first-order valence-corrected chi connectivity index (χ1v) is 10.9. The van der Waals surface area contributed by atoms with Gasteiger partial charge in [-0.15, -0.1) is 0 Å². The molecule has 1 aromatic heterocycles. The van der Waals surface area contributed by atoms with Gasteiger partial charge in [-0.1, -0.05) is 23.8 Å². The summed E-state index contributed by atoms with van der Waals surface area (Å²) < 4.78 is 22.1. The molecule has 1 aliphatic rings. The highest BCUT2D eigenvalue weighted by Crippen LogP contribution is 2.29. The Labute approximate surface area is 201 Å². The molecule has 180 valence electrons. The minimum atomic E-state index is -0.803. The third-order valence-corrected chi connectivity index (χ3v) is 5.21. The minimum absolute atomic E-state index is 0.0942. The Hall–Kier alpha value is -4.53. The second-order valence-corrected chi connectivity index (χ2v) is 7.71. The Bertz CT molecular complexity index is 1250. The summed E-state index contributed by atoms with van der Waals surface area (Å²) in [4.78, 5) is 38.3. The molecule has 9 nitrogen and oxygen atoms in total. The molecule has 0 saturated carbocycles. The van der Waals surface area contributed by atoms with E-state index in [1.807, 2.05) is 31.2 Å². The number of rotatable bonds is 9. The zero-order valence-corrected chi connectivity index (χ0v) is 19.3. The van der Waals surface area contributed by atoms with E-state index in [2.05, 4.69) is 5.32 Å². The van der Waals surface area contributed by atoms with Crippen LogP contribution in [-0.2, 0) is 16.1 Å². The summed E-state index contributed by atoms with van der Waals surface area (Å²) in [6.07, 6.45) is 2.83. The molecule has 0 bridgehead atoms. The van der Waals surface area contributed by atoms with E-state index in [1.54, 1.807) is 30.3 Å². The SMILES string of the molecule is COc1cc(C=C2C(=O)NC(=O)N(Cc3ccco3)C2=O)ccc1OCCOc1ccc(C)cc1. The van der Waals surface area contributed by atoms with Gasteiger partial charge in [-0.05, 0) is 55.0 Å². The summed E-state index contributed by atoms with van der Waals surface area (Å²) in [5, 5.41) is 2.18. The summed E-state index contributed by atoms with van der Waals surface area (Å²) in [6.45, 7) is 2.54. The van der Waals surface area contributed by atoms with Crippen LogP contribution in [0.5, 0.6) is 17.2 Å². The second kappa shape index (κ2) is 10.6. The lowest BCUT2D eigenvalue weighted by Crippen LogP contribution is -2.53. The van der Waals surface area contributed by atoms with Crippen molar-refractivity contribution in [2.24, 2.45) is 0 Å². The number of aryl methyl sites for hydroxylation is 1. The Balaban J connectivity index is 1.43. The smallest absolute Gasteiger partial charge is 0.331 e. The van der Waals surface area contributed by atoms with E-state index >= 15 is 0 Å². The number of furan rings is 1. The van der Waals surface area contributed by atoms with E-state index < -0.39 is 17.8 Å². The van der Waals surface area contributed by atoms with Crippen molar-refractivity contribution in [1.82, 2.24) is 10.2 Å². The van der Waals surface area contributed by atoms with Crippen molar-refractivity contribution >= 4 is 23.9 Å². The van der Waals surface area contributed by atoms with Gasteiger partial charge in [0.25, 0.3) is 11.8 Å². The van der Waals surface area contributed by atoms with Crippen LogP contribution in [0.2, 0.25) is 0 Å². The molecule has 0 spiro atoms. The van der Waals surface area contributed by atoms with Crippen LogP contribution in [0.1, 0.15) is 16.9 Å². The Morgan fingerprint density at radius 2 is 1.74 bits per heavy atom. The summed E-state index contributed by atoms with van der Waals surface area (Å²) in [5.41, 5.74) is 1.49. The van der Waals surface area contributed by atoms with Crippen LogP contribution >= 0.6 is 0 Å². The maximum Gasteiger partial charge on any atom is 0.331 e. The summed E-state index contributed by atoms with van der Waals surface area (Å²) in [5.74, 6) is 0.573. The van der Waals surface area contributed by atoms with E-state index in [9.17, 15) is 14.4 Å². The standard InChI is InChI=1S/C26H24N2O7/c1-17-5-8-19(9-6-17)34-12-13-35-22-10-7-18(15-23(22)32-2)14-21-24(29)27-26(31)28(25(21)30)16-20-4-3-11-33-20/h3-11,14-15H,12-13,16H2,1-2H3,(H,27,29,31). The van der Waals surface area contributed by atoms with Gasteiger partial charge in [-0.25, -0.2) is 4.79 Å². The van der Waals surface area contributed by atoms with Crippen molar-refractivity contribution in [1.29, 1.82) is 0 Å². The fraction of sp³-hybridized carbons (Fsp3) is 0.192. The average molecular weight is 476 g/mol. The van der Waals surface area contributed by atoms with Crippen LogP contribution in [0.4, 0.5) is 4.79 Å². The molecule has 3 aromatic rings. The number of hydrogen-bond acceptors (Lipinski definition) is 7. The Morgan fingerprint density at radius 1 is 0.971 bits per heavy atom. The zero-order valence-electron chi connectivity index (χ0n) is 19.3. The minimum Gasteiger partial charge on any atom is -0.493 e. The normalized spacial score (nSPS) is 14.7. The van der Waals surface area contributed by atoms with Crippen molar-refractivity contribution < 1.29 is 33.0 Å². The summed E-state index contributed by atoms with van der Waals surface area (Å²) >= 11 is 0. The predicted octanol–water partition coefficient (Wildman–Crippen LogP) is 3.72. The third kappa shape index (κ3) is 5.70. The van der Waals surface area contributed by atoms with Gasteiger partial charge in [-0.2, -0.15) is 0 Å². The predicted molar refractivity (Wildman–Crippen MR) is 126 cm³/mol. The number of carbonyl (C=O) groups excluding carboxylic acids is 3. The molecule has 0 unspecified atom stereocenters. The molecule has 35 heavy (non-hydrogen) atoms. The molecule has 0 aliphatic carbocycles. The number of benzene rings is 2. The number of urea groups is 1. The van der Waals surface area contributed by atoms with Crippen LogP contribution in [0.3, 0.4) is 0 Å². The van der Waals surface area contributed by atoms with E-state index in [0.29, 0.717) is 29.4 Å². The van der Waals surface area contributed by atoms with E-state index in [0.717, 1.165) is 16.2 Å². The molecule has 4 rings (SSSR count). The van der Waals surface area contributed by atoms with Crippen molar-refractivity contribution in [3.8, 4) is 17.2 Å². The van der Waals surface area contributed by atoms with Crippen molar-refractivity contribution in [3.05, 3.63) is 83.3 Å².